The number of halogens is 5. The lowest BCUT2D eigenvalue weighted by Crippen LogP contribution is -2.48. The van der Waals surface area contributed by atoms with Crippen LogP contribution in [0.15, 0.2) is 35.2 Å². The monoisotopic (exact) mass is 493 g/mol. The van der Waals surface area contributed by atoms with E-state index in [4.69, 9.17) is 9.47 Å². The number of methoxy groups -OCH3 is 1. The van der Waals surface area contributed by atoms with Gasteiger partial charge in [0.05, 0.1) is 7.11 Å². The molecule has 33 heavy (non-hydrogen) atoms. The van der Waals surface area contributed by atoms with Crippen LogP contribution in [0, 0.1) is 11.6 Å². The molecule has 0 saturated carbocycles. The zero-order chi connectivity index (χ0) is 24.7. The van der Waals surface area contributed by atoms with Crippen LogP contribution in [-0.4, -0.2) is 58.0 Å². The van der Waals surface area contributed by atoms with Gasteiger partial charge in [-0.1, -0.05) is 6.07 Å². The summed E-state index contributed by atoms with van der Waals surface area (Å²) in [5.41, 5.74) is -0.0303. The topological polar surface area (TPSA) is 72.9 Å². The van der Waals surface area contributed by atoms with Crippen molar-refractivity contribution in [3.63, 3.8) is 0 Å². The quantitative estimate of drug-likeness (QED) is 0.570. The highest BCUT2D eigenvalue weighted by Crippen LogP contribution is 2.40. The number of likely N-dealkylation sites (tertiary alicyclic amines) is 1. The Hall–Kier alpha value is -2.89. The maximum atomic E-state index is 13.5. The molecular formula is C21H20F5NO5S. The molecule has 2 aromatic carbocycles. The Morgan fingerprint density at radius 2 is 1.76 bits per heavy atom. The lowest BCUT2D eigenvalue weighted by Gasteiger charge is -2.40. The smallest absolute Gasteiger partial charge is 0.425 e. The van der Waals surface area contributed by atoms with Gasteiger partial charge < -0.3 is 14.4 Å². The zero-order valence-corrected chi connectivity index (χ0v) is 18.6. The maximum absolute atomic E-state index is 13.5. The van der Waals surface area contributed by atoms with Crippen molar-refractivity contribution in [1.29, 1.82) is 0 Å². The molecule has 1 atom stereocenters. The summed E-state index contributed by atoms with van der Waals surface area (Å²) in [6.07, 6.45) is -6.16. The summed E-state index contributed by atoms with van der Waals surface area (Å²) < 4.78 is 100. The molecule has 1 unspecified atom stereocenters. The first kappa shape index (κ1) is 24.7. The molecule has 0 radical (unpaired) electrons. The summed E-state index contributed by atoms with van der Waals surface area (Å²) >= 11 is 0. The molecule has 0 spiro atoms. The minimum atomic E-state index is -4.74. The molecule has 0 bridgehead atoms. The van der Waals surface area contributed by atoms with E-state index in [9.17, 15) is 35.2 Å². The molecule has 2 aromatic rings. The number of nitrogens with zero attached hydrogens (tertiary/aromatic N) is 1. The first-order valence-corrected chi connectivity index (χ1v) is 11.5. The molecule has 1 amide bonds. The molecule has 3 rings (SSSR count). The Labute approximate surface area is 186 Å². The van der Waals surface area contributed by atoms with Gasteiger partial charge in [-0.15, -0.1) is 0 Å². The van der Waals surface area contributed by atoms with E-state index in [2.05, 4.69) is 0 Å². The standard InChI is InChI=1S/C21H20F5NO5S/c1-11(21(24,25)26)32-16-6-7-17(33(3,29)30)19(31-2)18(16)20(28)27-9-13(10-27)12-4-5-14(22)15(23)8-12/h4-8,11,13H,9-10H2,1-3H3. The summed E-state index contributed by atoms with van der Waals surface area (Å²) in [5.74, 6) is -4.16. The van der Waals surface area contributed by atoms with Gasteiger partial charge in [0, 0.05) is 25.3 Å². The van der Waals surface area contributed by atoms with Crippen molar-refractivity contribution in [1.82, 2.24) is 4.90 Å². The van der Waals surface area contributed by atoms with E-state index in [-0.39, 0.29) is 19.0 Å². The predicted molar refractivity (Wildman–Crippen MR) is 107 cm³/mol. The maximum Gasteiger partial charge on any atom is 0.425 e. The minimum Gasteiger partial charge on any atom is -0.494 e. The highest BCUT2D eigenvalue weighted by atomic mass is 32.2. The van der Waals surface area contributed by atoms with Crippen LogP contribution >= 0.6 is 0 Å². The van der Waals surface area contributed by atoms with E-state index in [1.807, 2.05) is 0 Å². The third-order valence-electron chi connectivity index (χ3n) is 5.25. The first-order valence-electron chi connectivity index (χ1n) is 9.62. The third-order valence-corrected chi connectivity index (χ3v) is 6.37. The average molecular weight is 493 g/mol. The summed E-state index contributed by atoms with van der Waals surface area (Å²) in [5, 5.41) is 0. The van der Waals surface area contributed by atoms with Gasteiger partial charge >= 0.3 is 6.18 Å². The number of rotatable bonds is 6. The van der Waals surface area contributed by atoms with Gasteiger partial charge in [-0.3, -0.25) is 4.79 Å². The van der Waals surface area contributed by atoms with E-state index in [0.717, 1.165) is 44.6 Å². The van der Waals surface area contributed by atoms with Crippen molar-refractivity contribution in [2.24, 2.45) is 0 Å². The Balaban J connectivity index is 1.97. The Morgan fingerprint density at radius 3 is 2.27 bits per heavy atom. The second-order valence-electron chi connectivity index (χ2n) is 7.62. The molecule has 0 aromatic heterocycles. The van der Waals surface area contributed by atoms with Crippen LogP contribution in [0.5, 0.6) is 11.5 Å². The van der Waals surface area contributed by atoms with Gasteiger partial charge in [0.2, 0.25) is 0 Å². The van der Waals surface area contributed by atoms with E-state index < -0.39 is 61.6 Å². The Kier molecular flexibility index (Phi) is 6.60. The van der Waals surface area contributed by atoms with Crippen LogP contribution in [0.4, 0.5) is 22.0 Å². The van der Waals surface area contributed by atoms with Crippen LogP contribution in [0.3, 0.4) is 0 Å². The SMILES string of the molecule is COc1c(S(C)(=O)=O)ccc(OC(C)C(F)(F)F)c1C(=O)N1CC(c2ccc(F)c(F)c2)C1. The van der Waals surface area contributed by atoms with Crippen molar-refractivity contribution in [3.05, 3.63) is 53.1 Å². The van der Waals surface area contributed by atoms with Crippen molar-refractivity contribution in [2.75, 3.05) is 26.5 Å². The molecule has 1 heterocycles. The van der Waals surface area contributed by atoms with Crippen molar-refractivity contribution in [3.8, 4) is 11.5 Å². The molecule has 0 N–H and O–H groups in total. The second-order valence-corrected chi connectivity index (χ2v) is 9.61. The van der Waals surface area contributed by atoms with Crippen molar-refractivity contribution >= 4 is 15.7 Å². The van der Waals surface area contributed by atoms with Crippen LogP contribution in [-0.2, 0) is 9.84 Å². The van der Waals surface area contributed by atoms with Crippen LogP contribution in [0.25, 0.3) is 0 Å². The van der Waals surface area contributed by atoms with Gasteiger partial charge in [-0.2, -0.15) is 13.2 Å². The Bertz CT molecular complexity index is 1180. The van der Waals surface area contributed by atoms with E-state index in [1.54, 1.807) is 0 Å². The summed E-state index contributed by atoms with van der Waals surface area (Å²) in [4.78, 5) is 14.0. The number of hydrogen-bond donors (Lipinski definition) is 0. The average Bonchev–Trinajstić information content (AvgIpc) is 2.67. The van der Waals surface area contributed by atoms with Gasteiger partial charge in [-0.25, -0.2) is 17.2 Å². The fraction of sp³-hybridized carbons (Fsp3) is 0.381. The van der Waals surface area contributed by atoms with Crippen molar-refractivity contribution in [2.45, 2.75) is 30.0 Å². The molecule has 1 aliphatic heterocycles. The normalized spacial score (nSPS) is 15.7. The van der Waals surface area contributed by atoms with Crippen LogP contribution in [0.1, 0.15) is 28.8 Å². The molecule has 180 valence electrons. The van der Waals surface area contributed by atoms with Crippen LogP contribution in [0.2, 0.25) is 0 Å². The van der Waals surface area contributed by atoms with Gasteiger partial charge in [0.25, 0.3) is 5.91 Å². The van der Waals surface area contributed by atoms with E-state index >= 15 is 0 Å². The molecule has 1 saturated heterocycles. The number of hydrogen-bond acceptors (Lipinski definition) is 5. The van der Waals surface area contributed by atoms with Crippen molar-refractivity contribution < 1.29 is 44.6 Å². The number of ether oxygens (including phenoxy) is 2. The van der Waals surface area contributed by atoms with Gasteiger partial charge in [0.1, 0.15) is 16.2 Å². The zero-order valence-electron chi connectivity index (χ0n) is 17.7. The summed E-state index contributed by atoms with van der Waals surface area (Å²) in [7, 11) is -2.82. The van der Waals surface area contributed by atoms with Gasteiger partial charge in [-0.05, 0) is 36.8 Å². The minimum absolute atomic E-state index is 0.0461. The first-order chi connectivity index (χ1) is 15.2. The molecule has 6 nitrogen and oxygen atoms in total. The fourth-order valence-electron chi connectivity index (χ4n) is 3.38. The number of benzene rings is 2. The second kappa shape index (κ2) is 8.81. The molecule has 0 aliphatic carbocycles. The molecule has 1 aliphatic rings. The summed E-state index contributed by atoms with van der Waals surface area (Å²) in [6.45, 7) is 0.836. The lowest BCUT2D eigenvalue weighted by molar-refractivity contribution is -0.189. The number of carbonyl (C=O) groups excluding carboxylic acids is 1. The number of amides is 1. The predicted octanol–water partition coefficient (Wildman–Crippen LogP) is 3.95. The lowest BCUT2D eigenvalue weighted by atomic mass is 9.90. The number of sulfone groups is 1. The third kappa shape index (κ3) is 5.05. The highest BCUT2D eigenvalue weighted by molar-refractivity contribution is 7.90. The molecule has 1 fully saturated rings. The fourth-order valence-corrected chi connectivity index (χ4v) is 4.22. The number of alkyl halides is 3. The van der Waals surface area contributed by atoms with Gasteiger partial charge in [0.15, 0.2) is 33.3 Å². The van der Waals surface area contributed by atoms with Crippen LogP contribution < -0.4 is 9.47 Å². The molecular weight excluding hydrogens is 473 g/mol. The molecule has 12 heteroatoms. The number of carbonyl (C=O) groups is 1. The largest absolute Gasteiger partial charge is 0.494 e. The van der Waals surface area contributed by atoms with E-state index in [1.165, 1.54) is 11.0 Å². The highest BCUT2D eigenvalue weighted by Gasteiger charge is 2.41. The Morgan fingerprint density at radius 1 is 1.12 bits per heavy atom. The summed E-state index contributed by atoms with van der Waals surface area (Å²) in [6, 6.07) is 5.31. The van der Waals surface area contributed by atoms with E-state index in [0.29, 0.717) is 5.56 Å².